The van der Waals surface area contributed by atoms with Crippen LogP contribution in [0.1, 0.15) is 19.6 Å². The molecule has 0 spiro atoms. The molecule has 98 valence electrons. The maximum Gasteiger partial charge on any atom is 0.390 e. The smallest absolute Gasteiger partial charge is 0.380 e. The summed E-state index contributed by atoms with van der Waals surface area (Å²) in [7, 11) is 0. The zero-order valence-corrected chi connectivity index (χ0v) is 11.8. The first-order valence-corrected chi connectivity index (χ1v) is 8.35. The Morgan fingerprint density at radius 1 is 1.41 bits per heavy atom. The lowest BCUT2D eigenvalue weighted by Gasteiger charge is -2.15. The minimum atomic E-state index is -3.20. The third-order valence-electron chi connectivity index (χ3n) is 1.73. The average Bonchev–Trinajstić information content (AvgIpc) is 2.55. The second-order valence-electron chi connectivity index (χ2n) is 3.10. The van der Waals surface area contributed by atoms with Crippen LogP contribution in [0.15, 0.2) is 15.4 Å². The number of aryl methyl sites for hydroxylation is 1. The summed E-state index contributed by atoms with van der Waals surface area (Å²) >= 11 is 0.934. The average molecular weight is 281 g/mol. The van der Waals surface area contributed by atoms with Crippen LogP contribution in [0.5, 0.6) is 0 Å². The van der Waals surface area contributed by atoms with Crippen molar-refractivity contribution in [3.63, 3.8) is 0 Å². The van der Waals surface area contributed by atoms with Gasteiger partial charge < -0.3 is 13.6 Å². The van der Waals surface area contributed by atoms with Gasteiger partial charge in [0.05, 0.1) is 13.2 Å². The van der Waals surface area contributed by atoms with E-state index in [2.05, 4.69) is 0 Å². The van der Waals surface area contributed by atoms with Crippen LogP contribution >= 0.6 is 18.2 Å². The Morgan fingerprint density at radius 2 is 2.00 bits per heavy atom. The van der Waals surface area contributed by atoms with Crippen LogP contribution in [-0.2, 0) is 19.5 Å². The Labute approximate surface area is 104 Å². The molecular formula is C9H16NO5PS. The van der Waals surface area contributed by atoms with Gasteiger partial charge >= 0.3 is 6.80 Å². The molecule has 0 aliphatic carbocycles. The second kappa shape index (κ2) is 6.44. The molecule has 17 heavy (non-hydrogen) atoms. The molecule has 0 radical (unpaired) electrons. The first-order chi connectivity index (χ1) is 8.00. The van der Waals surface area contributed by atoms with E-state index in [0.29, 0.717) is 5.76 Å². The van der Waals surface area contributed by atoms with Gasteiger partial charge in [0.25, 0.3) is 5.56 Å². The van der Waals surface area contributed by atoms with Crippen LogP contribution in [0.2, 0.25) is 0 Å². The first-order valence-electron chi connectivity index (χ1n) is 5.22. The van der Waals surface area contributed by atoms with Crippen LogP contribution < -0.4 is 5.56 Å². The summed E-state index contributed by atoms with van der Waals surface area (Å²) in [6.07, 6.45) is 0. The Hall–Kier alpha value is -0.490. The summed E-state index contributed by atoms with van der Waals surface area (Å²) in [5.74, 6) is 0.613. The fraction of sp³-hybridized carbons (Fsp3) is 0.667. The third-order valence-corrected chi connectivity index (χ3v) is 5.48. The highest BCUT2D eigenvalue weighted by Crippen LogP contribution is 2.60. The molecule has 1 rings (SSSR count). The summed E-state index contributed by atoms with van der Waals surface area (Å²) in [6.45, 7) is 2.51. The van der Waals surface area contributed by atoms with Crippen molar-refractivity contribution in [1.29, 1.82) is 0 Å². The van der Waals surface area contributed by atoms with Gasteiger partial charge in [-0.3, -0.25) is 4.79 Å². The molecule has 1 aromatic heterocycles. The minimum Gasteiger partial charge on any atom is -0.380 e. The van der Waals surface area contributed by atoms with Crippen molar-refractivity contribution in [2.24, 2.45) is 0 Å². The number of nitrogens with zero attached hydrogens (tertiary/aromatic N) is 1. The molecule has 8 heteroatoms. The predicted molar refractivity (Wildman–Crippen MR) is 66.2 cm³/mol. The van der Waals surface area contributed by atoms with Crippen molar-refractivity contribution in [1.82, 2.24) is 4.74 Å². The largest absolute Gasteiger partial charge is 0.390 e. The summed E-state index contributed by atoms with van der Waals surface area (Å²) in [5, 5.41) is 0. The number of rotatable bonds is 7. The molecule has 0 fully saturated rings. The standard InChI is InChI=1S/C9H16NO5PS/c1-4-13-16(12,14-5-2)17-7-10-9(11)6-8(3)15-10/h6H,4-5,7H2,1-3H3. The lowest BCUT2D eigenvalue weighted by Crippen LogP contribution is -2.11. The molecule has 0 aliphatic rings. The molecule has 0 bridgehead atoms. The van der Waals surface area contributed by atoms with Crippen molar-refractivity contribution >= 4 is 18.2 Å². The van der Waals surface area contributed by atoms with E-state index in [1.807, 2.05) is 0 Å². The highest BCUT2D eigenvalue weighted by molar-refractivity contribution is 8.54. The molecule has 0 unspecified atom stereocenters. The molecule has 0 atom stereocenters. The highest BCUT2D eigenvalue weighted by Gasteiger charge is 2.25. The van der Waals surface area contributed by atoms with E-state index in [1.165, 1.54) is 6.07 Å². The molecular weight excluding hydrogens is 265 g/mol. The Bertz CT molecular complexity index is 444. The third kappa shape index (κ3) is 4.35. The topological polar surface area (TPSA) is 70.7 Å². The van der Waals surface area contributed by atoms with Gasteiger partial charge in [0.1, 0.15) is 11.6 Å². The molecule has 1 heterocycles. The van der Waals surface area contributed by atoms with Gasteiger partial charge in [0.2, 0.25) is 0 Å². The van der Waals surface area contributed by atoms with E-state index in [-0.39, 0.29) is 24.6 Å². The summed E-state index contributed by atoms with van der Waals surface area (Å²) in [5.41, 5.74) is -0.269. The first kappa shape index (κ1) is 14.6. The highest BCUT2D eigenvalue weighted by atomic mass is 32.7. The maximum absolute atomic E-state index is 12.1. The van der Waals surface area contributed by atoms with E-state index < -0.39 is 6.80 Å². The molecule has 0 N–H and O–H groups in total. The zero-order chi connectivity index (χ0) is 12.9. The van der Waals surface area contributed by atoms with E-state index in [0.717, 1.165) is 16.1 Å². The summed E-state index contributed by atoms with van der Waals surface area (Å²) in [6, 6.07) is 1.37. The van der Waals surface area contributed by atoms with Gasteiger partial charge in [0.15, 0.2) is 0 Å². The lowest BCUT2D eigenvalue weighted by molar-refractivity contribution is 0.235. The lowest BCUT2D eigenvalue weighted by atomic mass is 10.5. The van der Waals surface area contributed by atoms with E-state index in [1.54, 1.807) is 20.8 Å². The van der Waals surface area contributed by atoms with Crippen LogP contribution in [-0.4, -0.2) is 18.0 Å². The quantitative estimate of drug-likeness (QED) is 0.715. The van der Waals surface area contributed by atoms with Crippen molar-refractivity contribution < 1.29 is 18.1 Å². The molecule has 6 nitrogen and oxygen atoms in total. The predicted octanol–water partition coefficient (Wildman–Crippen LogP) is 2.62. The van der Waals surface area contributed by atoms with Gasteiger partial charge in [-0.05, 0) is 32.2 Å². The molecule has 0 saturated carbocycles. The van der Waals surface area contributed by atoms with Gasteiger partial charge in [-0.15, -0.1) is 0 Å². The van der Waals surface area contributed by atoms with Gasteiger partial charge in [0, 0.05) is 6.07 Å². The monoisotopic (exact) mass is 281 g/mol. The van der Waals surface area contributed by atoms with Gasteiger partial charge in [-0.1, -0.05) is 0 Å². The number of hydrogen-bond donors (Lipinski definition) is 0. The second-order valence-corrected chi connectivity index (χ2v) is 7.15. The van der Waals surface area contributed by atoms with E-state index >= 15 is 0 Å². The number of aromatic nitrogens is 1. The van der Waals surface area contributed by atoms with Crippen molar-refractivity contribution in [3.05, 3.63) is 22.2 Å². The van der Waals surface area contributed by atoms with Crippen LogP contribution in [0, 0.1) is 6.92 Å². The maximum atomic E-state index is 12.1. The zero-order valence-electron chi connectivity index (χ0n) is 10.0. The Morgan fingerprint density at radius 3 is 2.41 bits per heavy atom. The van der Waals surface area contributed by atoms with Crippen LogP contribution in [0.4, 0.5) is 0 Å². The van der Waals surface area contributed by atoms with Crippen molar-refractivity contribution in [3.8, 4) is 0 Å². The van der Waals surface area contributed by atoms with Crippen molar-refractivity contribution in [2.75, 3.05) is 13.2 Å². The molecule has 0 aromatic carbocycles. The number of hydrogen-bond acceptors (Lipinski definition) is 6. The van der Waals surface area contributed by atoms with Gasteiger partial charge in [-0.2, -0.15) is 4.74 Å². The fourth-order valence-corrected chi connectivity index (χ4v) is 4.23. The Kier molecular flexibility index (Phi) is 5.52. The van der Waals surface area contributed by atoms with Crippen molar-refractivity contribution in [2.45, 2.75) is 26.6 Å². The molecule has 1 aromatic rings. The minimum absolute atomic E-state index is 0.101. The molecule has 0 aliphatic heterocycles. The summed E-state index contributed by atoms with van der Waals surface area (Å²) in [4.78, 5) is 11.4. The normalized spacial score (nSPS) is 11.9. The van der Waals surface area contributed by atoms with E-state index in [9.17, 15) is 9.36 Å². The SMILES string of the molecule is CCOP(=O)(OCC)SCn1oc(C)cc1=O. The fourth-order valence-electron chi connectivity index (χ4n) is 1.13. The Balaban J connectivity index is 2.67. The van der Waals surface area contributed by atoms with Gasteiger partial charge in [-0.25, -0.2) is 4.57 Å². The van der Waals surface area contributed by atoms with Crippen LogP contribution in [0.3, 0.4) is 0 Å². The molecule has 0 saturated heterocycles. The summed E-state index contributed by atoms with van der Waals surface area (Å²) < 4.78 is 28.5. The van der Waals surface area contributed by atoms with E-state index in [4.69, 9.17) is 13.6 Å². The van der Waals surface area contributed by atoms with Crippen LogP contribution in [0.25, 0.3) is 0 Å². The molecule has 0 amide bonds.